The Kier molecular flexibility index (Phi) is 4.64. The summed E-state index contributed by atoms with van der Waals surface area (Å²) in [7, 11) is -0.902. The lowest BCUT2D eigenvalue weighted by molar-refractivity contribution is -0.385. The quantitative estimate of drug-likeness (QED) is 0.678. The maximum atomic E-state index is 11.2. The van der Waals surface area contributed by atoms with Crippen LogP contribution in [0, 0.1) is 17.0 Å². The van der Waals surface area contributed by atoms with E-state index in [1.54, 1.807) is 19.2 Å². The first-order valence-corrected chi connectivity index (χ1v) is 7.95. The molecule has 1 unspecified atom stereocenters. The van der Waals surface area contributed by atoms with E-state index in [9.17, 15) is 14.3 Å². The number of nitrogens with one attached hydrogen (secondary N) is 1. The number of nitro groups is 1. The van der Waals surface area contributed by atoms with Crippen LogP contribution in [0.1, 0.15) is 11.1 Å². The van der Waals surface area contributed by atoms with Crippen LogP contribution < -0.4 is 5.32 Å². The Hall–Kier alpha value is -2.28. The third-order valence-corrected chi connectivity index (χ3v) is 3.59. The summed E-state index contributed by atoms with van der Waals surface area (Å²) in [5, 5.41) is 13.8. The number of nitrogens with zero attached hydrogens (tertiary/aromatic N) is 2. The smallest absolute Gasteiger partial charge is 0.290 e. The number of pyridine rings is 1. The molecule has 6 nitrogen and oxygen atoms in total. The molecule has 0 aliphatic rings. The first-order chi connectivity index (χ1) is 9.95. The van der Waals surface area contributed by atoms with E-state index in [0.29, 0.717) is 17.1 Å². The lowest BCUT2D eigenvalue weighted by Gasteiger charge is -2.08. The number of hydrogen-bond acceptors (Lipinski definition) is 5. The second kappa shape index (κ2) is 6.45. The average Bonchev–Trinajstić information content (AvgIpc) is 2.37. The summed E-state index contributed by atoms with van der Waals surface area (Å²) in [5.41, 5.74) is 2.30. The number of rotatable bonds is 5. The van der Waals surface area contributed by atoms with Crippen molar-refractivity contribution in [2.75, 3.05) is 11.6 Å². The third-order valence-electron chi connectivity index (χ3n) is 2.85. The molecule has 0 radical (unpaired) electrons. The number of benzene rings is 1. The molecule has 2 rings (SSSR count). The van der Waals surface area contributed by atoms with Crippen molar-refractivity contribution in [2.45, 2.75) is 12.7 Å². The zero-order valence-electron chi connectivity index (χ0n) is 11.7. The molecular weight excluding hydrogens is 290 g/mol. The highest BCUT2D eigenvalue weighted by Crippen LogP contribution is 2.22. The fourth-order valence-corrected chi connectivity index (χ4v) is 2.58. The van der Waals surface area contributed by atoms with E-state index in [1.807, 2.05) is 24.3 Å². The molecule has 0 aliphatic heterocycles. The highest BCUT2D eigenvalue weighted by atomic mass is 32.2. The minimum atomic E-state index is -0.902. The van der Waals surface area contributed by atoms with Gasteiger partial charge in [-0.1, -0.05) is 12.1 Å². The predicted octanol–water partition coefficient (Wildman–Crippen LogP) is 2.92. The van der Waals surface area contributed by atoms with Gasteiger partial charge in [-0.25, -0.2) is 4.98 Å². The molecule has 7 heteroatoms. The SMILES string of the molecule is Cc1cc(Nc2cccc(CS(C)=O)c2)ncc1[N+](=O)[O-]. The van der Waals surface area contributed by atoms with Crippen molar-refractivity contribution in [1.29, 1.82) is 0 Å². The Balaban J connectivity index is 2.20. The number of anilines is 2. The number of hydrogen-bond donors (Lipinski definition) is 1. The summed E-state index contributed by atoms with van der Waals surface area (Å²) >= 11 is 0. The van der Waals surface area contributed by atoms with E-state index in [-0.39, 0.29) is 5.69 Å². The molecule has 21 heavy (non-hydrogen) atoms. The van der Waals surface area contributed by atoms with Gasteiger partial charge in [0.25, 0.3) is 5.69 Å². The zero-order valence-corrected chi connectivity index (χ0v) is 12.5. The molecule has 0 fully saturated rings. The summed E-state index contributed by atoms with van der Waals surface area (Å²) in [6, 6.07) is 9.15. The molecule has 0 saturated carbocycles. The van der Waals surface area contributed by atoms with Gasteiger partial charge in [-0.05, 0) is 30.7 Å². The van der Waals surface area contributed by atoms with Crippen LogP contribution in [-0.4, -0.2) is 20.4 Å². The van der Waals surface area contributed by atoms with Gasteiger partial charge in [-0.15, -0.1) is 0 Å². The van der Waals surface area contributed by atoms with Crippen LogP contribution in [0.3, 0.4) is 0 Å². The van der Waals surface area contributed by atoms with E-state index in [4.69, 9.17) is 0 Å². The Morgan fingerprint density at radius 1 is 1.38 bits per heavy atom. The van der Waals surface area contributed by atoms with E-state index < -0.39 is 15.7 Å². The van der Waals surface area contributed by atoms with Crippen LogP contribution in [0.25, 0.3) is 0 Å². The van der Waals surface area contributed by atoms with E-state index in [2.05, 4.69) is 10.3 Å². The van der Waals surface area contributed by atoms with Gasteiger partial charge in [0.1, 0.15) is 12.0 Å². The van der Waals surface area contributed by atoms with E-state index >= 15 is 0 Å². The molecule has 1 aromatic heterocycles. The third kappa shape index (κ3) is 4.09. The maximum Gasteiger partial charge on any atom is 0.290 e. The molecule has 0 amide bonds. The van der Waals surface area contributed by atoms with Crippen molar-refractivity contribution in [2.24, 2.45) is 0 Å². The topological polar surface area (TPSA) is 85.1 Å². The second-order valence-electron chi connectivity index (χ2n) is 4.66. The van der Waals surface area contributed by atoms with Gasteiger partial charge in [0.15, 0.2) is 0 Å². The Morgan fingerprint density at radius 2 is 2.14 bits per heavy atom. The highest BCUT2D eigenvalue weighted by Gasteiger charge is 2.11. The Bertz CT molecular complexity index is 704. The molecular formula is C14H15N3O3S. The number of aromatic nitrogens is 1. The average molecular weight is 305 g/mol. The van der Waals surface area contributed by atoms with Crippen molar-refractivity contribution in [3.05, 3.63) is 57.8 Å². The van der Waals surface area contributed by atoms with Gasteiger partial charge < -0.3 is 5.32 Å². The molecule has 2 aromatic rings. The van der Waals surface area contributed by atoms with Gasteiger partial charge in [0, 0.05) is 34.1 Å². The van der Waals surface area contributed by atoms with Gasteiger partial charge in [-0.3, -0.25) is 14.3 Å². The first-order valence-electron chi connectivity index (χ1n) is 6.23. The molecule has 0 saturated heterocycles. The molecule has 110 valence electrons. The van der Waals surface area contributed by atoms with Crippen LogP contribution in [0.2, 0.25) is 0 Å². The van der Waals surface area contributed by atoms with Gasteiger partial charge in [0.05, 0.1) is 4.92 Å². The van der Waals surface area contributed by atoms with E-state index in [1.165, 1.54) is 6.20 Å². The Morgan fingerprint density at radius 3 is 2.76 bits per heavy atom. The normalized spacial score (nSPS) is 11.9. The molecule has 1 heterocycles. The molecule has 0 spiro atoms. The Labute approximate surface area is 124 Å². The highest BCUT2D eigenvalue weighted by molar-refractivity contribution is 7.83. The van der Waals surface area contributed by atoms with Crippen molar-refractivity contribution in [1.82, 2.24) is 4.98 Å². The molecule has 1 atom stereocenters. The minimum Gasteiger partial charge on any atom is -0.340 e. The second-order valence-corrected chi connectivity index (χ2v) is 6.09. The summed E-state index contributed by atoms with van der Waals surface area (Å²) in [4.78, 5) is 14.3. The fourth-order valence-electron chi connectivity index (χ4n) is 1.93. The lowest BCUT2D eigenvalue weighted by Crippen LogP contribution is -1.99. The number of aryl methyl sites for hydroxylation is 1. The molecule has 0 aliphatic carbocycles. The van der Waals surface area contributed by atoms with Crippen LogP contribution >= 0.6 is 0 Å². The lowest BCUT2D eigenvalue weighted by atomic mass is 10.2. The molecule has 1 N–H and O–H groups in total. The zero-order chi connectivity index (χ0) is 15.4. The summed E-state index contributed by atoms with van der Waals surface area (Å²) < 4.78 is 11.2. The van der Waals surface area contributed by atoms with Gasteiger partial charge >= 0.3 is 0 Å². The van der Waals surface area contributed by atoms with E-state index in [0.717, 1.165) is 11.3 Å². The molecule has 0 bridgehead atoms. The predicted molar refractivity (Wildman–Crippen MR) is 83.1 cm³/mol. The largest absolute Gasteiger partial charge is 0.340 e. The van der Waals surface area contributed by atoms with Crippen molar-refractivity contribution >= 4 is 28.0 Å². The first kappa shape index (κ1) is 15.1. The fraction of sp³-hybridized carbons (Fsp3) is 0.214. The minimum absolute atomic E-state index is 0.00400. The molecule has 1 aromatic carbocycles. The summed E-state index contributed by atoms with van der Waals surface area (Å²) in [5.74, 6) is 1.02. The van der Waals surface area contributed by atoms with Crippen molar-refractivity contribution in [3.63, 3.8) is 0 Å². The summed E-state index contributed by atoms with van der Waals surface area (Å²) in [6.45, 7) is 1.67. The van der Waals surface area contributed by atoms with Crippen molar-refractivity contribution in [3.8, 4) is 0 Å². The monoisotopic (exact) mass is 305 g/mol. The van der Waals surface area contributed by atoms with Crippen molar-refractivity contribution < 1.29 is 9.13 Å². The van der Waals surface area contributed by atoms with Gasteiger partial charge in [0.2, 0.25) is 0 Å². The van der Waals surface area contributed by atoms with Crippen LogP contribution in [-0.2, 0) is 16.6 Å². The van der Waals surface area contributed by atoms with Crippen LogP contribution in [0.4, 0.5) is 17.2 Å². The summed E-state index contributed by atoms with van der Waals surface area (Å²) in [6.07, 6.45) is 2.89. The van der Waals surface area contributed by atoms with Crippen LogP contribution in [0.5, 0.6) is 0 Å². The van der Waals surface area contributed by atoms with Gasteiger partial charge in [-0.2, -0.15) is 0 Å². The maximum absolute atomic E-state index is 11.2. The van der Waals surface area contributed by atoms with Crippen LogP contribution in [0.15, 0.2) is 36.5 Å². The standard InChI is InChI=1S/C14H15N3O3S/c1-10-6-14(15-8-13(10)17(18)19)16-12-5-3-4-11(7-12)9-21(2)20/h3-8H,9H2,1-2H3,(H,15,16).